The van der Waals surface area contributed by atoms with E-state index in [1.54, 1.807) is 53.2 Å². The van der Waals surface area contributed by atoms with Crippen LogP contribution in [0.1, 0.15) is 25.5 Å². The van der Waals surface area contributed by atoms with E-state index in [9.17, 15) is 22.4 Å². The molecule has 0 aliphatic carbocycles. The van der Waals surface area contributed by atoms with E-state index in [0.717, 1.165) is 23.3 Å². The number of alkyl halides is 2. The standard InChI is InChI=1S/C23H21F4N5O2/c1-13(30-22(33)23(2,26)27)21(14-6-16(24)9-17(25)7-14)34-19-4-5-20-15(8-19)10-29-32(20)18-11-28-31(3)12-18/h4-13,21H,1-3H3,(H,30,33)/t13-,21-/m0/s1. The zero-order valence-electron chi connectivity index (χ0n) is 18.5. The Hall–Kier alpha value is -3.89. The van der Waals surface area contributed by atoms with Crippen LogP contribution in [0.2, 0.25) is 0 Å². The quantitative estimate of drug-likeness (QED) is 0.404. The van der Waals surface area contributed by atoms with Crippen molar-refractivity contribution in [2.24, 2.45) is 7.05 Å². The van der Waals surface area contributed by atoms with Gasteiger partial charge in [0.1, 0.15) is 29.2 Å². The van der Waals surface area contributed by atoms with Crippen molar-refractivity contribution in [2.45, 2.75) is 31.9 Å². The maximum Gasteiger partial charge on any atom is 0.321 e. The molecule has 4 aromatic rings. The van der Waals surface area contributed by atoms with Crippen LogP contribution in [0, 0.1) is 11.6 Å². The number of hydrogen-bond acceptors (Lipinski definition) is 4. The number of nitrogens with zero attached hydrogens (tertiary/aromatic N) is 4. The minimum absolute atomic E-state index is 0.0378. The van der Waals surface area contributed by atoms with Crippen molar-refractivity contribution < 1.29 is 27.1 Å². The molecule has 0 aliphatic rings. The molecule has 2 heterocycles. The van der Waals surface area contributed by atoms with Crippen molar-refractivity contribution in [1.29, 1.82) is 0 Å². The first-order valence-corrected chi connectivity index (χ1v) is 10.3. The van der Waals surface area contributed by atoms with Gasteiger partial charge < -0.3 is 10.1 Å². The Balaban J connectivity index is 1.67. The fourth-order valence-electron chi connectivity index (χ4n) is 3.56. The molecule has 11 heteroatoms. The van der Waals surface area contributed by atoms with E-state index in [1.165, 1.54) is 6.92 Å². The lowest BCUT2D eigenvalue weighted by Gasteiger charge is -2.27. The molecular formula is C23H21F4N5O2. The van der Waals surface area contributed by atoms with Gasteiger partial charge in [-0.2, -0.15) is 19.0 Å². The molecule has 0 bridgehead atoms. The third-order valence-corrected chi connectivity index (χ3v) is 5.16. The van der Waals surface area contributed by atoms with Crippen LogP contribution in [0.5, 0.6) is 5.75 Å². The molecule has 0 spiro atoms. The molecule has 2 aromatic heterocycles. The normalized spacial score (nSPS) is 13.6. The third kappa shape index (κ3) is 4.87. The van der Waals surface area contributed by atoms with Crippen molar-refractivity contribution in [3.8, 4) is 11.4 Å². The largest absolute Gasteiger partial charge is 0.484 e. The second kappa shape index (κ2) is 8.81. The molecule has 178 valence electrons. The summed E-state index contributed by atoms with van der Waals surface area (Å²) in [6.07, 6.45) is 3.88. The zero-order chi connectivity index (χ0) is 24.6. The van der Waals surface area contributed by atoms with E-state index >= 15 is 0 Å². The summed E-state index contributed by atoms with van der Waals surface area (Å²) in [7, 11) is 1.78. The number of aryl methyl sites for hydroxylation is 1. The first-order valence-electron chi connectivity index (χ1n) is 10.3. The van der Waals surface area contributed by atoms with Crippen LogP contribution >= 0.6 is 0 Å². The molecule has 0 saturated heterocycles. The SMILES string of the molecule is C[C@H](NC(=O)C(C)(F)F)[C@H](Oc1ccc2c(cnn2-c2cnn(C)c2)c1)c1cc(F)cc(F)c1. The summed E-state index contributed by atoms with van der Waals surface area (Å²) < 4.78 is 63.9. The Morgan fingerprint density at radius 3 is 2.41 bits per heavy atom. The number of carbonyl (C=O) groups is 1. The predicted molar refractivity (Wildman–Crippen MR) is 116 cm³/mol. The molecule has 0 unspecified atom stereocenters. The Bertz CT molecular complexity index is 1320. The first kappa shape index (κ1) is 23.3. The van der Waals surface area contributed by atoms with Crippen molar-refractivity contribution in [3.63, 3.8) is 0 Å². The number of benzene rings is 2. The number of amides is 1. The maximum absolute atomic E-state index is 13.9. The molecular weight excluding hydrogens is 454 g/mol. The summed E-state index contributed by atoms with van der Waals surface area (Å²) >= 11 is 0. The number of ether oxygens (including phenoxy) is 1. The van der Waals surface area contributed by atoms with Crippen LogP contribution in [-0.4, -0.2) is 37.4 Å². The molecule has 2 aromatic carbocycles. The zero-order valence-corrected chi connectivity index (χ0v) is 18.5. The fourth-order valence-corrected chi connectivity index (χ4v) is 3.56. The van der Waals surface area contributed by atoms with Crippen molar-refractivity contribution >= 4 is 16.8 Å². The van der Waals surface area contributed by atoms with Crippen molar-refractivity contribution in [3.05, 3.63) is 72.2 Å². The van der Waals surface area contributed by atoms with Gasteiger partial charge in [0.25, 0.3) is 5.91 Å². The summed E-state index contributed by atoms with van der Waals surface area (Å²) in [4.78, 5) is 11.8. The Kier molecular flexibility index (Phi) is 6.03. The van der Waals surface area contributed by atoms with Gasteiger partial charge in [-0.3, -0.25) is 9.48 Å². The van der Waals surface area contributed by atoms with Crippen LogP contribution in [0.25, 0.3) is 16.6 Å². The highest BCUT2D eigenvalue weighted by molar-refractivity contribution is 5.83. The second-order valence-corrected chi connectivity index (χ2v) is 8.04. The molecule has 0 fully saturated rings. The molecule has 34 heavy (non-hydrogen) atoms. The van der Waals surface area contributed by atoms with Crippen LogP contribution in [0.15, 0.2) is 55.0 Å². The van der Waals surface area contributed by atoms with E-state index in [2.05, 4.69) is 15.5 Å². The van der Waals surface area contributed by atoms with Crippen LogP contribution in [0.3, 0.4) is 0 Å². The molecule has 1 N–H and O–H groups in total. The lowest BCUT2D eigenvalue weighted by atomic mass is 10.0. The van der Waals surface area contributed by atoms with Gasteiger partial charge in [-0.1, -0.05) is 0 Å². The van der Waals surface area contributed by atoms with Gasteiger partial charge in [0.15, 0.2) is 0 Å². The minimum Gasteiger partial charge on any atom is -0.484 e. The monoisotopic (exact) mass is 475 g/mol. The van der Waals surface area contributed by atoms with Crippen LogP contribution in [0.4, 0.5) is 17.6 Å². The molecule has 7 nitrogen and oxygen atoms in total. The number of carbonyl (C=O) groups excluding carboxylic acids is 1. The Labute approximate surface area is 191 Å². The van der Waals surface area contributed by atoms with Crippen LogP contribution < -0.4 is 10.1 Å². The summed E-state index contributed by atoms with van der Waals surface area (Å²) in [6, 6.07) is 6.69. The lowest BCUT2D eigenvalue weighted by molar-refractivity contribution is -0.144. The number of hydrogen-bond donors (Lipinski definition) is 1. The molecule has 1 amide bonds. The Morgan fingerprint density at radius 2 is 1.79 bits per heavy atom. The number of nitrogens with one attached hydrogen (secondary N) is 1. The second-order valence-electron chi connectivity index (χ2n) is 8.04. The number of fused-ring (bicyclic) bond motifs is 1. The van der Waals surface area contributed by atoms with E-state index < -0.39 is 35.6 Å². The van der Waals surface area contributed by atoms with Crippen molar-refractivity contribution in [1.82, 2.24) is 24.9 Å². The van der Waals surface area contributed by atoms with Gasteiger partial charge in [0.05, 0.1) is 30.1 Å². The molecule has 0 radical (unpaired) electrons. The fraction of sp³-hybridized carbons (Fsp3) is 0.261. The smallest absolute Gasteiger partial charge is 0.321 e. The molecule has 2 atom stereocenters. The van der Waals surface area contributed by atoms with E-state index in [4.69, 9.17) is 4.74 Å². The van der Waals surface area contributed by atoms with E-state index in [0.29, 0.717) is 18.4 Å². The molecule has 4 rings (SSSR count). The highest BCUT2D eigenvalue weighted by atomic mass is 19.3. The number of rotatable bonds is 7. The summed E-state index contributed by atoms with van der Waals surface area (Å²) in [6.45, 7) is 1.87. The third-order valence-electron chi connectivity index (χ3n) is 5.16. The van der Waals surface area contributed by atoms with Crippen molar-refractivity contribution in [2.75, 3.05) is 0 Å². The number of halogens is 4. The predicted octanol–water partition coefficient (Wildman–Crippen LogP) is 4.32. The number of aromatic nitrogens is 4. The van der Waals surface area contributed by atoms with Crippen LogP contribution in [-0.2, 0) is 11.8 Å². The maximum atomic E-state index is 13.9. The van der Waals surface area contributed by atoms with Gasteiger partial charge in [-0.25, -0.2) is 13.5 Å². The van der Waals surface area contributed by atoms with Gasteiger partial charge in [-0.05, 0) is 37.3 Å². The topological polar surface area (TPSA) is 74.0 Å². The average molecular weight is 475 g/mol. The Morgan fingerprint density at radius 1 is 1.09 bits per heavy atom. The first-order chi connectivity index (χ1) is 16.0. The van der Waals surface area contributed by atoms with Gasteiger partial charge in [0.2, 0.25) is 0 Å². The van der Waals surface area contributed by atoms with Gasteiger partial charge in [-0.15, -0.1) is 0 Å². The molecule has 0 aliphatic heterocycles. The highest BCUT2D eigenvalue weighted by Crippen LogP contribution is 2.30. The summed E-state index contributed by atoms with van der Waals surface area (Å²) in [5, 5.41) is 11.3. The molecule has 0 saturated carbocycles. The van der Waals surface area contributed by atoms with E-state index in [-0.39, 0.29) is 11.3 Å². The van der Waals surface area contributed by atoms with E-state index in [1.807, 2.05) is 0 Å². The summed E-state index contributed by atoms with van der Waals surface area (Å²) in [5.74, 6) is -6.60. The minimum atomic E-state index is -3.63. The van der Waals surface area contributed by atoms with Gasteiger partial charge in [0, 0.05) is 31.0 Å². The van der Waals surface area contributed by atoms with Gasteiger partial charge >= 0.3 is 5.92 Å². The lowest BCUT2D eigenvalue weighted by Crippen LogP contribution is -2.46. The average Bonchev–Trinajstić information content (AvgIpc) is 3.35. The highest BCUT2D eigenvalue weighted by Gasteiger charge is 2.35. The summed E-state index contributed by atoms with van der Waals surface area (Å²) in [5.41, 5.74) is 1.53.